The molecule has 0 saturated carbocycles. The predicted octanol–water partition coefficient (Wildman–Crippen LogP) is 1.84. The van der Waals surface area contributed by atoms with Crippen molar-refractivity contribution in [3.05, 3.63) is 35.6 Å². The number of nitrogens with one attached hydrogen (secondary N) is 1. The minimum Gasteiger partial charge on any atom is -0.464 e. The first-order valence-corrected chi connectivity index (χ1v) is 9.28. The van der Waals surface area contributed by atoms with Gasteiger partial charge in [-0.25, -0.2) is 8.42 Å². The van der Waals surface area contributed by atoms with Crippen LogP contribution in [0.3, 0.4) is 0 Å². The summed E-state index contributed by atoms with van der Waals surface area (Å²) in [6, 6.07) is 5.73. The number of hydrogen-bond donors (Lipinski definition) is 1. The van der Waals surface area contributed by atoms with Gasteiger partial charge in [0.15, 0.2) is 9.84 Å². The van der Waals surface area contributed by atoms with Crippen LogP contribution in [-0.2, 0) is 27.5 Å². The third-order valence-corrected chi connectivity index (χ3v) is 5.84. The molecular weight excluding hydrogens is 302 g/mol. The highest BCUT2D eigenvalue weighted by Gasteiger charge is 2.29. The lowest BCUT2D eigenvalue weighted by molar-refractivity contribution is -0.120. The molecule has 0 bridgehead atoms. The number of carbonyl (C=O) groups excluding carboxylic acids is 1. The topological polar surface area (TPSA) is 76.4 Å². The van der Waals surface area contributed by atoms with Crippen LogP contribution < -0.4 is 5.32 Å². The molecule has 1 unspecified atom stereocenters. The van der Waals surface area contributed by atoms with Crippen molar-refractivity contribution in [1.29, 1.82) is 0 Å². The molecule has 2 aromatic rings. The number of aryl methyl sites for hydroxylation is 1. The summed E-state index contributed by atoms with van der Waals surface area (Å²) < 4.78 is 28.3. The molecule has 0 aliphatic carbocycles. The first-order valence-electron chi connectivity index (χ1n) is 7.45. The average molecular weight is 321 g/mol. The highest BCUT2D eigenvalue weighted by molar-refractivity contribution is 7.91. The zero-order chi connectivity index (χ0) is 15.7. The molecule has 22 heavy (non-hydrogen) atoms. The largest absolute Gasteiger partial charge is 0.464 e. The third-order valence-electron chi connectivity index (χ3n) is 4.08. The molecule has 6 heteroatoms. The van der Waals surface area contributed by atoms with Crippen molar-refractivity contribution in [2.75, 3.05) is 11.5 Å². The maximum atomic E-state index is 12.1. The minimum absolute atomic E-state index is 0.0464. The standard InChI is InChI=1S/C16H19NO4S/c1-2-11-3-4-14-12(9-21-15(14)7-11)8-16(18)17-13-5-6-22(19,20)10-13/h3-4,7,9,13H,2,5-6,8,10H2,1H3,(H,17,18). The van der Waals surface area contributed by atoms with Gasteiger partial charge in [-0.1, -0.05) is 19.1 Å². The second kappa shape index (κ2) is 5.76. The van der Waals surface area contributed by atoms with Crippen molar-refractivity contribution >= 4 is 26.7 Å². The Hall–Kier alpha value is -1.82. The molecule has 1 aromatic heterocycles. The molecule has 1 aliphatic rings. The molecule has 1 N–H and O–H groups in total. The Kier molecular flexibility index (Phi) is 3.95. The monoisotopic (exact) mass is 321 g/mol. The number of sulfone groups is 1. The van der Waals surface area contributed by atoms with Gasteiger partial charge >= 0.3 is 0 Å². The van der Waals surface area contributed by atoms with Crippen molar-refractivity contribution in [1.82, 2.24) is 5.32 Å². The van der Waals surface area contributed by atoms with Gasteiger partial charge in [0.1, 0.15) is 5.58 Å². The van der Waals surface area contributed by atoms with Crippen molar-refractivity contribution < 1.29 is 17.6 Å². The van der Waals surface area contributed by atoms with Gasteiger partial charge in [-0.15, -0.1) is 0 Å². The summed E-state index contributed by atoms with van der Waals surface area (Å²) in [5.41, 5.74) is 2.80. The van der Waals surface area contributed by atoms with E-state index in [1.54, 1.807) is 6.26 Å². The SMILES string of the molecule is CCc1ccc2c(CC(=O)NC3CCS(=O)(=O)C3)coc2c1. The second-order valence-electron chi connectivity index (χ2n) is 5.79. The summed E-state index contributed by atoms with van der Waals surface area (Å²) in [6.07, 6.45) is 3.24. The van der Waals surface area contributed by atoms with Gasteiger partial charge < -0.3 is 9.73 Å². The van der Waals surface area contributed by atoms with Crippen molar-refractivity contribution in [3.63, 3.8) is 0 Å². The summed E-state index contributed by atoms with van der Waals surface area (Å²) in [5, 5.41) is 3.74. The van der Waals surface area contributed by atoms with E-state index in [4.69, 9.17) is 4.42 Å². The van der Waals surface area contributed by atoms with Gasteiger partial charge in [0.25, 0.3) is 0 Å². The molecule has 1 saturated heterocycles. The minimum atomic E-state index is -2.98. The molecule has 3 rings (SSSR count). The van der Waals surface area contributed by atoms with Crippen molar-refractivity contribution in [3.8, 4) is 0 Å². The normalized spacial score (nSPS) is 20.3. The molecule has 5 nitrogen and oxygen atoms in total. The molecule has 1 aliphatic heterocycles. The van der Waals surface area contributed by atoms with Crippen LogP contribution in [0.1, 0.15) is 24.5 Å². The van der Waals surface area contributed by atoms with Crippen molar-refractivity contribution in [2.45, 2.75) is 32.2 Å². The highest BCUT2D eigenvalue weighted by Crippen LogP contribution is 2.23. The molecule has 1 amide bonds. The number of rotatable bonds is 4. The number of fused-ring (bicyclic) bond motifs is 1. The molecule has 1 aromatic carbocycles. The molecule has 0 spiro atoms. The van der Waals surface area contributed by atoms with Crippen LogP contribution in [0.5, 0.6) is 0 Å². The Morgan fingerprint density at radius 3 is 2.91 bits per heavy atom. The third kappa shape index (κ3) is 3.16. The van der Waals surface area contributed by atoms with Crippen LogP contribution in [0.25, 0.3) is 11.0 Å². The molecule has 1 atom stereocenters. The number of hydrogen-bond acceptors (Lipinski definition) is 4. The first kappa shape index (κ1) is 15.1. The number of furan rings is 1. The van der Waals surface area contributed by atoms with E-state index in [0.717, 1.165) is 23.0 Å². The molecule has 0 radical (unpaired) electrons. The van der Waals surface area contributed by atoms with E-state index in [1.165, 1.54) is 5.56 Å². The summed E-state index contributed by atoms with van der Waals surface area (Å²) in [5.74, 6) is 0.0429. The smallest absolute Gasteiger partial charge is 0.224 e. The van der Waals surface area contributed by atoms with Crippen LogP contribution in [-0.4, -0.2) is 31.9 Å². The fraction of sp³-hybridized carbons (Fsp3) is 0.438. The quantitative estimate of drug-likeness (QED) is 0.932. The van der Waals surface area contributed by atoms with Gasteiger partial charge in [-0.2, -0.15) is 0 Å². The van der Waals surface area contributed by atoms with E-state index >= 15 is 0 Å². The van der Waals surface area contributed by atoms with E-state index < -0.39 is 9.84 Å². The van der Waals surface area contributed by atoms with Gasteiger partial charge in [0, 0.05) is 17.0 Å². The summed E-state index contributed by atoms with van der Waals surface area (Å²) in [7, 11) is -2.98. The number of amides is 1. The average Bonchev–Trinajstić information content (AvgIpc) is 3.01. The molecule has 2 heterocycles. The van der Waals surface area contributed by atoms with E-state index in [-0.39, 0.29) is 29.9 Å². The van der Waals surface area contributed by atoms with E-state index in [9.17, 15) is 13.2 Å². The lowest BCUT2D eigenvalue weighted by Crippen LogP contribution is -2.36. The Morgan fingerprint density at radius 2 is 2.23 bits per heavy atom. The van der Waals surface area contributed by atoms with Crippen LogP contribution >= 0.6 is 0 Å². The van der Waals surface area contributed by atoms with Gasteiger partial charge in [-0.3, -0.25) is 4.79 Å². The van der Waals surface area contributed by atoms with Crippen LogP contribution in [0.15, 0.2) is 28.9 Å². The van der Waals surface area contributed by atoms with E-state index in [1.807, 2.05) is 18.2 Å². The molecule has 1 fully saturated rings. The Morgan fingerprint density at radius 1 is 1.41 bits per heavy atom. The summed E-state index contributed by atoms with van der Waals surface area (Å²) in [6.45, 7) is 2.08. The van der Waals surface area contributed by atoms with Crippen LogP contribution in [0.4, 0.5) is 0 Å². The Balaban J connectivity index is 1.69. The van der Waals surface area contributed by atoms with E-state index in [2.05, 4.69) is 12.2 Å². The van der Waals surface area contributed by atoms with E-state index in [0.29, 0.717) is 6.42 Å². The lowest BCUT2D eigenvalue weighted by atomic mass is 10.1. The van der Waals surface area contributed by atoms with Gasteiger partial charge in [-0.05, 0) is 24.5 Å². The maximum absolute atomic E-state index is 12.1. The Bertz CT molecular complexity index is 807. The second-order valence-corrected chi connectivity index (χ2v) is 8.02. The first-order chi connectivity index (χ1) is 10.5. The zero-order valence-corrected chi connectivity index (χ0v) is 13.3. The van der Waals surface area contributed by atoms with Crippen molar-refractivity contribution in [2.24, 2.45) is 0 Å². The summed E-state index contributed by atoms with van der Waals surface area (Å²) >= 11 is 0. The maximum Gasteiger partial charge on any atom is 0.224 e. The van der Waals surface area contributed by atoms with Gasteiger partial charge in [0.05, 0.1) is 24.2 Å². The van der Waals surface area contributed by atoms with Crippen LogP contribution in [0, 0.1) is 0 Å². The highest BCUT2D eigenvalue weighted by atomic mass is 32.2. The molecular formula is C16H19NO4S. The lowest BCUT2D eigenvalue weighted by Gasteiger charge is -2.10. The fourth-order valence-corrected chi connectivity index (χ4v) is 4.52. The van der Waals surface area contributed by atoms with Crippen LogP contribution in [0.2, 0.25) is 0 Å². The number of carbonyl (C=O) groups is 1. The zero-order valence-electron chi connectivity index (χ0n) is 12.5. The predicted molar refractivity (Wildman–Crippen MR) is 84.5 cm³/mol. The molecule has 118 valence electrons. The number of benzene rings is 1. The Labute approximate surface area is 129 Å². The summed E-state index contributed by atoms with van der Waals surface area (Å²) in [4.78, 5) is 12.1. The van der Waals surface area contributed by atoms with Gasteiger partial charge in [0.2, 0.25) is 5.91 Å². The fourth-order valence-electron chi connectivity index (χ4n) is 2.84.